The highest BCUT2D eigenvalue weighted by Crippen LogP contribution is 2.44. The van der Waals surface area contributed by atoms with Crippen LogP contribution < -0.4 is 4.90 Å². The first kappa shape index (κ1) is 24.9. The second-order valence-electron chi connectivity index (χ2n) is 8.54. The number of ether oxygens (including phenoxy) is 1. The highest BCUT2D eigenvalue weighted by molar-refractivity contribution is 7.17. The summed E-state index contributed by atoms with van der Waals surface area (Å²) >= 11 is 0.889. The van der Waals surface area contributed by atoms with Crippen LogP contribution in [0.5, 0.6) is 5.75 Å². The monoisotopic (exact) mass is 530 g/mol. The number of imidazole rings is 1. The van der Waals surface area contributed by atoms with Gasteiger partial charge in [0.05, 0.1) is 23.0 Å². The maximum atomic E-state index is 13.5. The number of pyridine rings is 1. The van der Waals surface area contributed by atoms with Crippen molar-refractivity contribution in [2.24, 2.45) is 0 Å². The molecule has 4 heterocycles. The summed E-state index contributed by atoms with van der Waals surface area (Å²) < 4.78 is 6.75. The quantitative estimate of drug-likeness (QED) is 0.125. The number of aromatic nitrogens is 3. The number of aliphatic hydroxyl groups is 1. The number of Topliss-reactive ketones (excluding diaryl/α,β-unsaturated/α-hetero) is 1. The topological polar surface area (TPSA) is 134 Å². The van der Waals surface area contributed by atoms with Gasteiger partial charge in [-0.05, 0) is 43.7 Å². The Hall–Kier alpha value is -4.77. The van der Waals surface area contributed by atoms with E-state index in [1.54, 1.807) is 54.8 Å². The Morgan fingerprint density at radius 3 is 2.68 bits per heavy atom. The van der Waals surface area contributed by atoms with Gasteiger partial charge in [-0.3, -0.25) is 18.9 Å². The lowest BCUT2D eigenvalue weighted by atomic mass is 9.96. The third-order valence-corrected chi connectivity index (χ3v) is 7.20. The second kappa shape index (κ2) is 9.60. The van der Waals surface area contributed by atoms with Gasteiger partial charge in [-0.1, -0.05) is 42.2 Å². The number of fused-ring (bicyclic) bond motifs is 1. The van der Waals surface area contributed by atoms with Gasteiger partial charge < -0.3 is 14.9 Å². The lowest BCUT2D eigenvalue weighted by Gasteiger charge is -2.23. The Morgan fingerprint density at radius 1 is 1.16 bits per heavy atom. The lowest BCUT2D eigenvalue weighted by molar-refractivity contribution is -0.132. The summed E-state index contributed by atoms with van der Waals surface area (Å²) in [6.45, 7) is 6.80. The molecule has 10 nitrogen and oxygen atoms in total. The SMILES string of the molecule is C=CCOC(=O)c1sc(N2C(=O)C(=O)/C(=C(/O)c3c(C)nc4ccccn34)C2c2cccc(O)c2)nc1C. The Balaban J connectivity index is 1.72. The minimum absolute atomic E-state index is 0.00201. The van der Waals surface area contributed by atoms with Crippen molar-refractivity contribution in [3.8, 4) is 5.75 Å². The minimum Gasteiger partial charge on any atom is -0.508 e. The number of hydrogen-bond acceptors (Lipinski definition) is 9. The number of nitrogens with zero attached hydrogens (tertiary/aromatic N) is 4. The summed E-state index contributed by atoms with van der Waals surface area (Å²) in [5.41, 5.74) is 1.74. The standard InChI is InChI=1S/C27H22N4O6S/c1-4-12-37-26(36)24-15(3)29-27(38-24)31-21(16-8-7-9-17(32)13-16)19(23(34)25(31)35)22(33)20-14(2)28-18-10-5-6-11-30(18)20/h4-11,13,21,32-33H,1,12H2,2-3H3/b22-19+. The molecule has 0 bridgehead atoms. The van der Waals surface area contributed by atoms with Crippen LogP contribution in [0.1, 0.15) is 38.4 Å². The number of carbonyl (C=O) groups is 3. The van der Waals surface area contributed by atoms with E-state index in [1.807, 2.05) is 0 Å². The van der Waals surface area contributed by atoms with Crippen molar-refractivity contribution < 1.29 is 29.3 Å². The predicted molar refractivity (Wildman–Crippen MR) is 140 cm³/mol. The second-order valence-corrected chi connectivity index (χ2v) is 9.51. The molecule has 38 heavy (non-hydrogen) atoms. The maximum Gasteiger partial charge on any atom is 0.350 e. The zero-order valence-electron chi connectivity index (χ0n) is 20.4. The molecule has 1 saturated heterocycles. The smallest absolute Gasteiger partial charge is 0.350 e. The molecule has 1 fully saturated rings. The Bertz CT molecular complexity index is 1670. The molecule has 0 aliphatic carbocycles. The van der Waals surface area contributed by atoms with Gasteiger partial charge >= 0.3 is 11.9 Å². The molecule has 1 amide bonds. The number of hydrogen-bond donors (Lipinski definition) is 2. The van der Waals surface area contributed by atoms with Gasteiger partial charge in [0, 0.05) is 6.20 Å². The summed E-state index contributed by atoms with van der Waals surface area (Å²) in [6, 6.07) is 10.2. The van der Waals surface area contributed by atoms with Crippen LogP contribution in [0.15, 0.2) is 66.9 Å². The molecule has 1 atom stereocenters. The van der Waals surface area contributed by atoms with Crippen LogP contribution in [0, 0.1) is 13.8 Å². The van der Waals surface area contributed by atoms with Crippen molar-refractivity contribution >= 4 is 45.5 Å². The van der Waals surface area contributed by atoms with Crippen LogP contribution in [0.2, 0.25) is 0 Å². The highest BCUT2D eigenvalue weighted by Gasteiger charge is 2.49. The number of phenols is 1. The van der Waals surface area contributed by atoms with Gasteiger partial charge in [-0.2, -0.15) is 0 Å². The number of ketones is 1. The van der Waals surface area contributed by atoms with Crippen LogP contribution in [0.4, 0.5) is 5.13 Å². The van der Waals surface area contributed by atoms with Crippen LogP contribution in [0.25, 0.3) is 11.4 Å². The molecule has 3 aromatic heterocycles. The molecule has 0 spiro atoms. The number of aliphatic hydroxyl groups excluding tert-OH is 1. The van der Waals surface area contributed by atoms with E-state index in [0.29, 0.717) is 22.6 Å². The number of carbonyl (C=O) groups excluding carboxylic acids is 3. The first-order valence-corrected chi connectivity index (χ1v) is 12.3. The van der Waals surface area contributed by atoms with E-state index in [4.69, 9.17) is 4.74 Å². The first-order chi connectivity index (χ1) is 18.2. The van der Waals surface area contributed by atoms with Crippen molar-refractivity contribution in [3.63, 3.8) is 0 Å². The van der Waals surface area contributed by atoms with Crippen LogP contribution >= 0.6 is 11.3 Å². The Labute approximate surface area is 220 Å². The summed E-state index contributed by atoms with van der Waals surface area (Å²) in [4.78, 5) is 49.6. The highest BCUT2D eigenvalue weighted by atomic mass is 32.1. The number of thiazole rings is 1. The molecule has 192 valence electrons. The van der Waals surface area contributed by atoms with E-state index in [9.17, 15) is 24.6 Å². The molecule has 1 aromatic carbocycles. The van der Waals surface area contributed by atoms with Gasteiger partial charge in [-0.25, -0.2) is 14.8 Å². The van der Waals surface area contributed by atoms with Crippen molar-refractivity contribution in [2.75, 3.05) is 11.5 Å². The summed E-state index contributed by atoms with van der Waals surface area (Å²) in [6.07, 6.45) is 3.12. The van der Waals surface area contributed by atoms with Gasteiger partial charge in [0.25, 0.3) is 5.78 Å². The molecule has 0 saturated carbocycles. The van der Waals surface area contributed by atoms with Gasteiger partial charge in [0.1, 0.15) is 28.6 Å². The third kappa shape index (κ3) is 4.02. The minimum atomic E-state index is -1.14. The molecular weight excluding hydrogens is 508 g/mol. The first-order valence-electron chi connectivity index (χ1n) is 11.5. The third-order valence-electron chi connectivity index (χ3n) is 6.07. The molecule has 1 aliphatic rings. The fraction of sp³-hybridized carbons (Fsp3) is 0.148. The largest absolute Gasteiger partial charge is 0.508 e. The number of anilines is 1. The van der Waals surface area contributed by atoms with Crippen molar-refractivity contribution in [1.29, 1.82) is 0 Å². The predicted octanol–water partition coefficient (Wildman–Crippen LogP) is 4.08. The maximum absolute atomic E-state index is 13.5. The number of rotatable bonds is 6. The summed E-state index contributed by atoms with van der Waals surface area (Å²) in [5.74, 6) is -3.04. The number of esters is 1. The van der Waals surface area contributed by atoms with Gasteiger partial charge in [-0.15, -0.1) is 0 Å². The molecule has 5 rings (SSSR count). The molecular formula is C27H22N4O6S. The van der Waals surface area contributed by atoms with E-state index in [0.717, 1.165) is 16.2 Å². The fourth-order valence-electron chi connectivity index (χ4n) is 4.44. The van der Waals surface area contributed by atoms with E-state index in [-0.39, 0.29) is 33.6 Å². The zero-order chi connectivity index (χ0) is 27.1. The van der Waals surface area contributed by atoms with Crippen molar-refractivity contribution in [1.82, 2.24) is 14.4 Å². The molecule has 2 N–H and O–H groups in total. The summed E-state index contributed by atoms with van der Waals surface area (Å²) in [7, 11) is 0. The van der Waals surface area contributed by atoms with Gasteiger partial charge in [0.2, 0.25) is 0 Å². The van der Waals surface area contributed by atoms with Crippen LogP contribution in [-0.2, 0) is 14.3 Å². The normalized spacial score (nSPS) is 16.8. The van der Waals surface area contributed by atoms with Crippen molar-refractivity contribution in [2.45, 2.75) is 19.9 Å². The van der Waals surface area contributed by atoms with Crippen LogP contribution in [0.3, 0.4) is 0 Å². The average Bonchev–Trinajstić information content (AvgIpc) is 3.52. The Morgan fingerprint density at radius 2 is 1.95 bits per heavy atom. The fourth-order valence-corrected chi connectivity index (χ4v) is 5.43. The van der Waals surface area contributed by atoms with Gasteiger partial charge in [0.15, 0.2) is 10.9 Å². The molecule has 1 aliphatic heterocycles. The zero-order valence-corrected chi connectivity index (χ0v) is 21.2. The number of benzene rings is 1. The molecule has 1 unspecified atom stereocenters. The number of aryl methyl sites for hydroxylation is 2. The van der Waals surface area contributed by atoms with E-state index < -0.39 is 29.5 Å². The van der Waals surface area contributed by atoms with Crippen LogP contribution in [-0.4, -0.2) is 48.8 Å². The van der Waals surface area contributed by atoms with E-state index in [1.165, 1.54) is 18.2 Å². The van der Waals surface area contributed by atoms with E-state index in [2.05, 4.69) is 16.5 Å². The molecule has 11 heteroatoms. The number of phenolic OH excluding ortho intramolecular Hbond substituents is 1. The average molecular weight is 531 g/mol. The van der Waals surface area contributed by atoms with Crippen molar-refractivity contribution in [3.05, 3.63) is 94.4 Å². The van der Waals surface area contributed by atoms with E-state index >= 15 is 0 Å². The molecule has 0 radical (unpaired) electrons. The lowest BCUT2D eigenvalue weighted by Crippen LogP contribution is -2.29. The molecule has 4 aromatic rings. The number of aromatic hydroxyl groups is 1. The Kier molecular flexibility index (Phi) is 6.29. The number of amides is 1. The summed E-state index contributed by atoms with van der Waals surface area (Å²) in [5, 5.41) is 21.8.